The first-order valence-electron chi connectivity index (χ1n) is 5.08. The molecule has 0 saturated carbocycles. The Morgan fingerprint density at radius 2 is 2.00 bits per heavy atom. The lowest BCUT2D eigenvalue weighted by Crippen LogP contribution is -2.43. The predicted molar refractivity (Wildman–Crippen MR) is 53.4 cm³/mol. The summed E-state index contributed by atoms with van der Waals surface area (Å²) in [7, 11) is -3.29. The molecule has 0 aromatic carbocycles. The molecule has 4 unspecified atom stereocenters. The molecule has 2 bridgehead atoms. The van der Waals surface area contributed by atoms with Gasteiger partial charge in [-0.1, -0.05) is 6.92 Å². The highest BCUT2D eigenvalue weighted by atomic mass is 32.2. The summed E-state index contributed by atoms with van der Waals surface area (Å²) in [6.45, 7) is 2.21. The van der Waals surface area contributed by atoms with E-state index >= 15 is 0 Å². The fourth-order valence-corrected chi connectivity index (χ4v) is 3.29. The molecule has 0 aromatic rings. The van der Waals surface area contributed by atoms with E-state index in [1.54, 1.807) is 0 Å². The summed E-state index contributed by atoms with van der Waals surface area (Å²) < 4.78 is 27.0. The van der Waals surface area contributed by atoms with E-state index in [1.807, 2.05) is 0 Å². The highest BCUT2D eigenvalue weighted by Gasteiger charge is 2.39. The monoisotopic (exact) mass is 219 g/mol. The second-order valence-electron chi connectivity index (χ2n) is 4.58. The lowest BCUT2D eigenvalue weighted by molar-refractivity contribution is 0.142. The van der Waals surface area contributed by atoms with Crippen molar-refractivity contribution in [1.29, 1.82) is 0 Å². The van der Waals surface area contributed by atoms with Crippen LogP contribution >= 0.6 is 0 Å². The van der Waals surface area contributed by atoms with Crippen LogP contribution in [0.3, 0.4) is 0 Å². The zero-order valence-corrected chi connectivity index (χ0v) is 9.38. The van der Waals surface area contributed by atoms with Gasteiger partial charge in [0.2, 0.25) is 0 Å². The highest BCUT2D eigenvalue weighted by molar-refractivity contribution is 7.86. The van der Waals surface area contributed by atoms with Crippen LogP contribution in [0, 0.1) is 5.92 Å². The van der Waals surface area contributed by atoms with Crippen molar-refractivity contribution in [2.24, 2.45) is 5.92 Å². The molecule has 14 heavy (non-hydrogen) atoms. The summed E-state index contributed by atoms with van der Waals surface area (Å²) in [5.74, 6) is 0.646. The lowest BCUT2D eigenvalue weighted by Gasteiger charge is -2.28. The lowest BCUT2D eigenvalue weighted by atomic mass is 9.99. The van der Waals surface area contributed by atoms with Gasteiger partial charge in [-0.05, 0) is 25.2 Å². The summed E-state index contributed by atoms with van der Waals surface area (Å²) in [6, 6.07) is 0.899. The minimum atomic E-state index is -3.29. The summed E-state index contributed by atoms with van der Waals surface area (Å²) >= 11 is 0. The average molecular weight is 219 g/mol. The van der Waals surface area contributed by atoms with E-state index in [1.165, 1.54) is 0 Å². The van der Waals surface area contributed by atoms with Gasteiger partial charge < -0.3 is 5.32 Å². The van der Waals surface area contributed by atoms with Gasteiger partial charge in [0.1, 0.15) is 0 Å². The van der Waals surface area contributed by atoms with Crippen molar-refractivity contribution < 1.29 is 12.6 Å². The van der Waals surface area contributed by atoms with Crippen molar-refractivity contribution >= 4 is 10.1 Å². The third-order valence-electron chi connectivity index (χ3n) is 3.17. The molecule has 4 atom stereocenters. The molecule has 0 aliphatic carbocycles. The first-order chi connectivity index (χ1) is 6.44. The highest BCUT2D eigenvalue weighted by Crippen LogP contribution is 2.33. The number of nitrogens with one attached hydrogen (secondary N) is 1. The second-order valence-corrected chi connectivity index (χ2v) is 6.18. The third kappa shape index (κ3) is 2.27. The molecule has 2 rings (SSSR count). The van der Waals surface area contributed by atoms with E-state index in [2.05, 4.69) is 12.2 Å². The van der Waals surface area contributed by atoms with Crippen molar-refractivity contribution in [1.82, 2.24) is 5.32 Å². The Morgan fingerprint density at radius 3 is 2.57 bits per heavy atom. The molecule has 2 fully saturated rings. The van der Waals surface area contributed by atoms with Gasteiger partial charge in [-0.2, -0.15) is 8.42 Å². The van der Waals surface area contributed by atoms with Gasteiger partial charge in [-0.15, -0.1) is 0 Å². The van der Waals surface area contributed by atoms with Crippen molar-refractivity contribution in [3.05, 3.63) is 0 Å². The van der Waals surface area contributed by atoms with Crippen molar-refractivity contribution in [3.8, 4) is 0 Å². The van der Waals surface area contributed by atoms with Crippen LogP contribution in [0.5, 0.6) is 0 Å². The first kappa shape index (κ1) is 10.4. The van der Waals surface area contributed by atoms with E-state index in [0.29, 0.717) is 18.0 Å². The van der Waals surface area contributed by atoms with E-state index in [-0.39, 0.29) is 6.10 Å². The molecular formula is C9H17NO3S. The van der Waals surface area contributed by atoms with Gasteiger partial charge in [0.15, 0.2) is 0 Å². The zero-order valence-electron chi connectivity index (χ0n) is 8.56. The molecule has 2 aliphatic rings. The van der Waals surface area contributed by atoms with E-state index < -0.39 is 10.1 Å². The normalized spacial score (nSPS) is 42.7. The van der Waals surface area contributed by atoms with Crippen LogP contribution in [0.15, 0.2) is 0 Å². The standard InChI is InChI=1S/C9H17NO3S/c1-6-3-7-4-8(5-9(6)10-7)13-14(2,11)12/h6-10H,3-5H2,1-2H3. The predicted octanol–water partition coefficient (Wildman–Crippen LogP) is 0.492. The molecule has 4 nitrogen and oxygen atoms in total. The van der Waals surface area contributed by atoms with Gasteiger partial charge in [0.25, 0.3) is 10.1 Å². The van der Waals surface area contributed by atoms with Crippen LogP contribution in [-0.4, -0.2) is 32.9 Å². The molecule has 2 aliphatic heterocycles. The number of hydrogen-bond acceptors (Lipinski definition) is 4. The van der Waals surface area contributed by atoms with E-state index in [4.69, 9.17) is 4.18 Å². The number of fused-ring (bicyclic) bond motifs is 2. The maximum absolute atomic E-state index is 11.0. The van der Waals surface area contributed by atoms with Crippen LogP contribution in [0.4, 0.5) is 0 Å². The van der Waals surface area contributed by atoms with Crippen LogP contribution in [-0.2, 0) is 14.3 Å². The molecule has 2 saturated heterocycles. The summed E-state index contributed by atoms with van der Waals surface area (Å²) in [4.78, 5) is 0. The molecule has 0 aromatic heterocycles. The Bertz CT molecular complexity index is 312. The average Bonchev–Trinajstić information content (AvgIpc) is 2.22. The largest absolute Gasteiger partial charge is 0.311 e. The number of piperidine rings is 1. The van der Waals surface area contributed by atoms with Crippen molar-refractivity contribution in [2.75, 3.05) is 6.26 Å². The Morgan fingerprint density at radius 1 is 1.29 bits per heavy atom. The fraction of sp³-hybridized carbons (Fsp3) is 1.00. The summed E-state index contributed by atoms with van der Waals surface area (Å²) in [5, 5.41) is 3.48. The topological polar surface area (TPSA) is 55.4 Å². The minimum Gasteiger partial charge on any atom is -0.311 e. The van der Waals surface area contributed by atoms with Gasteiger partial charge in [-0.3, -0.25) is 4.18 Å². The van der Waals surface area contributed by atoms with Gasteiger partial charge in [0.05, 0.1) is 12.4 Å². The smallest absolute Gasteiger partial charge is 0.264 e. The third-order valence-corrected chi connectivity index (χ3v) is 3.79. The zero-order chi connectivity index (χ0) is 10.3. The molecule has 82 valence electrons. The maximum Gasteiger partial charge on any atom is 0.264 e. The number of hydrogen-bond donors (Lipinski definition) is 1. The van der Waals surface area contributed by atoms with Crippen LogP contribution in [0.25, 0.3) is 0 Å². The Balaban J connectivity index is 1.99. The van der Waals surface area contributed by atoms with Crippen molar-refractivity contribution in [3.63, 3.8) is 0 Å². The van der Waals surface area contributed by atoms with Crippen molar-refractivity contribution in [2.45, 2.75) is 44.4 Å². The summed E-state index contributed by atoms with van der Waals surface area (Å²) in [5.41, 5.74) is 0. The van der Waals surface area contributed by atoms with Gasteiger partial charge >= 0.3 is 0 Å². The summed E-state index contributed by atoms with van der Waals surface area (Å²) in [6.07, 6.45) is 3.82. The molecule has 1 N–H and O–H groups in total. The molecule has 0 amide bonds. The van der Waals surface area contributed by atoms with Gasteiger partial charge in [-0.25, -0.2) is 0 Å². The molecule has 2 heterocycles. The molecule has 0 spiro atoms. The maximum atomic E-state index is 11.0. The van der Waals surface area contributed by atoms with Gasteiger partial charge in [0, 0.05) is 12.1 Å². The fourth-order valence-electron chi connectivity index (χ4n) is 2.64. The molecule has 0 radical (unpaired) electrons. The van der Waals surface area contributed by atoms with Crippen LogP contribution in [0.2, 0.25) is 0 Å². The van der Waals surface area contributed by atoms with Crippen LogP contribution in [0.1, 0.15) is 26.2 Å². The van der Waals surface area contributed by atoms with E-state index in [0.717, 1.165) is 25.5 Å². The Labute approximate surface area is 85.1 Å². The quantitative estimate of drug-likeness (QED) is 0.687. The second kappa shape index (κ2) is 3.47. The van der Waals surface area contributed by atoms with E-state index in [9.17, 15) is 8.42 Å². The molecule has 5 heteroatoms. The number of rotatable bonds is 2. The van der Waals surface area contributed by atoms with Crippen LogP contribution < -0.4 is 5.32 Å². The minimum absolute atomic E-state index is 0.105. The molecular weight excluding hydrogens is 202 g/mol. The SMILES string of the molecule is CC1CC2CC(OS(C)(=O)=O)CC1N2. The first-order valence-corrected chi connectivity index (χ1v) is 6.90. The Hall–Kier alpha value is -0.130. The Kier molecular flexibility index (Phi) is 2.57.